The molecular formula is C20H23N5O. The van der Waals surface area contributed by atoms with Gasteiger partial charge in [0.1, 0.15) is 11.3 Å². The highest BCUT2D eigenvalue weighted by Crippen LogP contribution is 2.32. The van der Waals surface area contributed by atoms with E-state index in [1.807, 2.05) is 24.4 Å². The summed E-state index contributed by atoms with van der Waals surface area (Å²) in [6.45, 7) is 2.93. The first-order valence-electron chi connectivity index (χ1n) is 9.26. The predicted octanol–water partition coefficient (Wildman–Crippen LogP) is 2.67. The second-order valence-corrected chi connectivity index (χ2v) is 6.86. The maximum Gasteiger partial charge on any atom is 0.112 e. The molecule has 6 heteroatoms. The Morgan fingerprint density at radius 1 is 1.19 bits per heavy atom. The second kappa shape index (κ2) is 7.40. The van der Waals surface area contributed by atoms with Crippen LogP contribution in [0.5, 0.6) is 0 Å². The summed E-state index contributed by atoms with van der Waals surface area (Å²) in [5.74, 6) is 0.941. The minimum Gasteiger partial charge on any atom is -0.396 e. The van der Waals surface area contributed by atoms with Crippen molar-refractivity contribution in [3.8, 4) is 6.07 Å². The molecule has 3 aromatic rings. The van der Waals surface area contributed by atoms with Crippen LogP contribution < -0.4 is 0 Å². The average Bonchev–Trinajstić information content (AvgIpc) is 3.05. The van der Waals surface area contributed by atoms with Crippen molar-refractivity contribution in [1.29, 1.82) is 5.26 Å². The van der Waals surface area contributed by atoms with Gasteiger partial charge in [0.05, 0.1) is 29.9 Å². The minimum atomic E-state index is 0.0930. The third-order valence-electron chi connectivity index (χ3n) is 5.29. The summed E-state index contributed by atoms with van der Waals surface area (Å²) >= 11 is 0. The van der Waals surface area contributed by atoms with E-state index in [-0.39, 0.29) is 6.61 Å². The molecule has 1 aliphatic heterocycles. The average molecular weight is 349 g/mol. The van der Waals surface area contributed by atoms with E-state index in [1.165, 1.54) is 0 Å². The zero-order valence-corrected chi connectivity index (χ0v) is 14.8. The largest absolute Gasteiger partial charge is 0.396 e. The molecule has 1 aliphatic rings. The fourth-order valence-corrected chi connectivity index (χ4v) is 4.05. The van der Waals surface area contributed by atoms with Crippen LogP contribution in [0.1, 0.15) is 31.1 Å². The summed E-state index contributed by atoms with van der Waals surface area (Å²) in [6, 6.07) is 10.8. The van der Waals surface area contributed by atoms with E-state index in [0.717, 1.165) is 60.2 Å². The molecule has 0 radical (unpaired) electrons. The molecule has 0 saturated carbocycles. The highest BCUT2D eigenvalue weighted by Gasteiger charge is 2.25. The summed E-state index contributed by atoms with van der Waals surface area (Å²) in [7, 11) is 0. The molecule has 0 amide bonds. The van der Waals surface area contributed by atoms with Gasteiger partial charge in [-0.25, -0.2) is 4.98 Å². The number of likely N-dealkylation sites (tertiary alicyclic amines) is 1. The Morgan fingerprint density at radius 3 is 2.77 bits per heavy atom. The maximum absolute atomic E-state index is 9.51. The van der Waals surface area contributed by atoms with Gasteiger partial charge in [-0.3, -0.25) is 4.98 Å². The molecule has 6 nitrogen and oxygen atoms in total. The van der Waals surface area contributed by atoms with E-state index < -0.39 is 0 Å². The molecule has 0 atom stereocenters. The van der Waals surface area contributed by atoms with Gasteiger partial charge in [0.2, 0.25) is 0 Å². The normalized spacial score (nSPS) is 16.3. The van der Waals surface area contributed by atoms with Gasteiger partial charge >= 0.3 is 0 Å². The molecule has 134 valence electrons. The summed E-state index contributed by atoms with van der Waals surface area (Å²) in [5.41, 5.74) is 3.01. The first-order valence-corrected chi connectivity index (χ1v) is 9.26. The van der Waals surface area contributed by atoms with Gasteiger partial charge in [-0.1, -0.05) is 18.2 Å². The van der Waals surface area contributed by atoms with Gasteiger partial charge in [-0.15, -0.1) is 0 Å². The summed E-state index contributed by atoms with van der Waals surface area (Å²) in [5, 5.41) is 19.4. The number of pyridine rings is 1. The fourth-order valence-electron chi connectivity index (χ4n) is 4.05. The van der Waals surface area contributed by atoms with E-state index in [1.54, 1.807) is 0 Å². The third-order valence-corrected chi connectivity index (χ3v) is 5.29. The quantitative estimate of drug-likeness (QED) is 0.766. The first-order chi connectivity index (χ1) is 12.8. The van der Waals surface area contributed by atoms with Crippen LogP contribution in [0, 0.1) is 11.3 Å². The van der Waals surface area contributed by atoms with E-state index in [4.69, 9.17) is 10.2 Å². The Bertz CT molecular complexity index is 950. The zero-order valence-electron chi connectivity index (χ0n) is 14.8. The maximum atomic E-state index is 9.51. The molecule has 1 aromatic carbocycles. The van der Waals surface area contributed by atoms with Crippen LogP contribution in [0.4, 0.5) is 0 Å². The smallest absolute Gasteiger partial charge is 0.112 e. The van der Waals surface area contributed by atoms with Crippen molar-refractivity contribution in [2.24, 2.45) is 0 Å². The van der Waals surface area contributed by atoms with Crippen LogP contribution in [0.2, 0.25) is 0 Å². The van der Waals surface area contributed by atoms with Crippen molar-refractivity contribution in [3.05, 3.63) is 36.3 Å². The molecular weight excluding hydrogens is 326 g/mol. The van der Waals surface area contributed by atoms with Crippen LogP contribution >= 0.6 is 0 Å². The Kier molecular flexibility index (Phi) is 4.83. The molecule has 4 rings (SSSR count). The van der Waals surface area contributed by atoms with Crippen LogP contribution in [0.25, 0.3) is 21.9 Å². The number of aliphatic hydroxyl groups is 1. The monoisotopic (exact) mass is 349 g/mol. The van der Waals surface area contributed by atoms with Crippen molar-refractivity contribution in [2.75, 3.05) is 26.2 Å². The van der Waals surface area contributed by atoms with Crippen molar-refractivity contribution >= 4 is 21.9 Å². The molecule has 1 N–H and O–H groups in total. The lowest BCUT2D eigenvalue weighted by Crippen LogP contribution is -2.35. The molecule has 2 aromatic heterocycles. The molecule has 0 aliphatic carbocycles. The zero-order chi connectivity index (χ0) is 17.9. The minimum absolute atomic E-state index is 0.0930. The number of nitrogens with zero attached hydrogens (tertiary/aromatic N) is 5. The Balaban J connectivity index is 1.74. The van der Waals surface area contributed by atoms with Gasteiger partial charge in [-0.05, 0) is 18.9 Å². The Hall–Kier alpha value is -2.49. The molecule has 0 unspecified atom stereocenters. The highest BCUT2D eigenvalue weighted by atomic mass is 16.3. The number of hydrogen-bond donors (Lipinski definition) is 1. The molecule has 1 fully saturated rings. The van der Waals surface area contributed by atoms with Crippen LogP contribution in [-0.2, 0) is 6.42 Å². The van der Waals surface area contributed by atoms with Crippen molar-refractivity contribution in [3.63, 3.8) is 0 Å². The molecule has 0 spiro atoms. The van der Waals surface area contributed by atoms with Crippen molar-refractivity contribution in [2.45, 2.75) is 31.7 Å². The lowest BCUT2D eigenvalue weighted by Gasteiger charge is -2.33. The summed E-state index contributed by atoms with van der Waals surface area (Å²) < 4.78 is 2.34. The number of aliphatic hydroxyl groups excluding tert-OH is 1. The number of piperidine rings is 1. The molecule has 0 bridgehead atoms. The number of benzene rings is 1. The SMILES string of the molecule is N#CCCN1CCC(n2c(CCO)nc3cnc4ccccc4c32)CC1. The molecule has 26 heavy (non-hydrogen) atoms. The topological polar surface area (TPSA) is 78.0 Å². The Labute approximate surface area is 152 Å². The van der Waals surface area contributed by atoms with Gasteiger partial charge in [0.15, 0.2) is 0 Å². The predicted molar refractivity (Wildman–Crippen MR) is 101 cm³/mol. The summed E-state index contributed by atoms with van der Waals surface area (Å²) in [4.78, 5) is 11.7. The van der Waals surface area contributed by atoms with E-state index in [2.05, 4.69) is 26.6 Å². The third kappa shape index (κ3) is 3.05. The number of para-hydroxylation sites is 1. The molecule has 1 saturated heterocycles. The number of hydrogen-bond acceptors (Lipinski definition) is 5. The van der Waals surface area contributed by atoms with Crippen molar-refractivity contribution < 1.29 is 5.11 Å². The van der Waals surface area contributed by atoms with Crippen molar-refractivity contribution in [1.82, 2.24) is 19.4 Å². The Morgan fingerprint density at radius 2 is 2.00 bits per heavy atom. The fraction of sp³-hybridized carbons (Fsp3) is 0.450. The van der Waals surface area contributed by atoms with Gasteiger partial charge in [0, 0.05) is 43.9 Å². The lowest BCUT2D eigenvalue weighted by atomic mass is 10.0. The first kappa shape index (κ1) is 17.0. The van der Waals surface area contributed by atoms with Gasteiger partial charge in [0.25, 0.3) is 0 Å². The number of nitriles is 1. The second-order valence-electron chi connectivity index (χ2n) is 6.86. The van der Waals surface area contributed by atoms with Gasteiger partial charge in [-0.2, -0.15) is 5.26 Å². The highest BCUT2D eigenvalue weighted by molar-refractivity contribution is 6.02. The standard InChI is InChI=1S/C20H23N5O/c21-9-3-10-24-11-6-15(7-12-24)25-19(8-13-26)23-18-14-22-17-5-2-1-4-16(17)20(18)25/h1-2,4-5,14-15,26H,3,6-8,10-13H2. The van der Waals surface area contributed by atoms with Crippen LogP contribution in [0.3, 0.4) is 0 Å². The molecule has 3 heterocycles. The van der Waals surface area contributed by atoms with E-state index >= 15 is 0 Å². The van der Waals surface area contributed by atoms with Crippen LogP contribution in [0.15, 0.2) is 30.5 Å². The van der Waals surface area contributed by atoms with Crippen LogP contribution in [-0.4, -0.2) is 50.8 Å². The van der Waals surface area contributed by atoms with Gasteiger partial charge < -0.3 is 14.6 Å². The number of imidazole rings is 1. The number of fused-ring (bicyclic) bond motifs is 3. The van der Waals surface area contributed by atoms with E-state index in [9.17, 15) is 5.11 Å². The van der Waals surface area contributed by atoms with E-state index in [0.29, 0.717) is 18.9 Å². The number of rotatable bonds is 5. The summed E-state index contributed by atoms with van der Waals surface area (Å²) in [6.07, 6.45) is 5.05. The lowest BCUT2D eigenvalue weighted by molar-refractivity contribution is 0.189. The number of aromatic nitrogens is 3.